The molecule has 0 radical (unpaired) electrons. The summed E-state index contributed by atoms with van der Waals surface area (Å²) in [5, 5.41) is 21.4. The maximum Gasteiger partial charge on any atom is 0.400 e. The molecule has 1 fully saturated rings. The van der Waals surface area contributed by atoms with Crippen LogP contribution in [-0.2, 0) is 48.4 Å². The van der Waals surface area contributed by atoms with Gasteiger partial charge in [0.15, 0.2) is 11.6 Å². The van der Waals surface area contributed by atoms with Gasteiger partial charge in [-0.2, -0.15) is 16.8 Å². The molecule has 30 heavy (non-hydrogen) atoms. The second-order valence-corrected chi connectivity index (χ2v) is 10.8. The number of aliphatic hydroxyl groups is 2. The predicted molar refractivity (Wildman–Crippen MR) is 102 cm³/mol. The van der Waals surface area contributed by atoms with Crippen molar-refractivity contribution in [2.45, 2.75) is 69.4 Å². The normalized spacial score (nSPS) is 36.1. The van der Waals surface area contributed by atoms with Crippen LogP contribution in [0, 0.1) is 5.41 Å². The molecular formula is C18H24O10S2. The van der Waals surface area contributed by atoms with Crippen molar-refractivity contribution < 1.29 is 44.5 Å². The van der Waals surface area contributed by atoms with Gasteiger partial charge in [-0.3, -0.25) is 9.11 Å². The largest absolute Gasteiger partial charge is 0.400 e. The summed E-state index contributed by atoms with van der Waals surface area (Å²) < 4.78 is 71.9. The van der Waals surface area contributed by atoms with Crippen LogP contribution in [0.5, 0.6) is 0 Å². The zero-order valence-electron chi connectivity index (χ0n) is 16.2. The first-order valence-electron chi connectivity index (χ1n) is 9.59. The molecule has 1 saturated carbocycles. The van der Waals surface area contributed by atoms with Gasteiger partial charge in [-0.15, -0.1) is 0 Å². The van der Waals surface area contributed by atoms with Crippen molar-refractivity contribution in [3.8, 4) is 0 Å². The Morgan fingerprint density at radius 1 is 0.933 bits per heavy atom. The first-order chi connectivity index (χ1) is 13.6. The molecule has 2 unspecified atom stereocenters. The number of rotatable bonds is 4. The van der Waals surface area contributed by atoms with E-state index in [9.17, 15) is 27.0 Å². The van der Waals surface area contributed by atoms with Gasteiger partial charge < -0.3 is 10.2 Å². The third kappa shape index (κ3) is 3.69. The number of hydrogen-bond donors (Lipinski definition) is 4. The highest BCUT2D eigenvalue weighted by atomic mass is 32.3. The van der Waals surface area contributed by atoms with Gasteiger partial charge in [-0.25, -0.2) is 8.37 Å². The highest BCUT2D eigenvalue weighted by Crippen LogP contribution is 2.61. The van der Waals surface area contributed by atoms with Crippen molar-refractivity contribution in [2.24, 2.45) is 5.41 Å². The van der Waals surface area contributed by atoms with E-state index in [0.29, 0.717) is 31.2 Å². The minimum absolute atomic E-state index is 0.0199. The van der Waals surface area contributed by atoms with Crippen LogP contribution >= 0.6 is 0 Å². The molecule has 0 spiro atoms. The Hall–Kier alpha value is -1.12. The molecule has 12 heteroatoms. The first kappa shape index (κ1) is 22.1. The summed E-state index contributed by atoms with van der Waals surface area (Å²) in [6, 6.07) is 3.58. The monoisotopic (exact) mass is 464 g/mol. The standard InChI is InChI=1S/C18H24O10S2/c1-16-7-4-13-12-5-8-17(19,27-29(21,22)23)10-11(12)2-3-14(13)15(16)6-9-18(16,20)28-30(24,25)26/h2-3,15,19-20H,4-10H2,1H3,(H,21,22,23)(H,24,25,26)/t15-,16-,17?,18?/m0/s1. The molecule has 0 amide bonds. The fraction of sp³-hybridized carbons (Fsp3) is 0.667. The van der Waals surface area contributed by atoms with Crippen LogP contribution in [0.25, 0.3) is 0 Å². The van der Waals surface area contributed by atoms with Gasteiger partial charge in [0.25, 0.3) is 0 Å². The smallest absolute Gasteiger partial charge is 0.364 e. The minimum Gasteiger partial charge on any atom is -0.364 e. The SMILES string of the molecule is C[C@]12CCc3c(ccc4c3CCC(O)(OS(=O)(=O)O)C4)[C@@H]1CCC2(O)OS(=O)(=O)O. The Morgan fingerprint density at radius 3 is 2.20 bits per heavy atom. The molecule has 10 nitrogen and oxygen atoms in total. The quantitative estimate of drug-likeness (QED) is 0.373. The molecule has 4 atom stereocenters. The first-order valence-corrected chi connectivity index (χ1v) is 12.3. The van der Waals surface area contributed by atoms with E-state index >= 15 is 0 Å². The van der Waals surface area contributed by atoms with E-state index in [-0.39, 0.29) is 25.2 Å². The second kappa shape index (κ2) is 6.69. The number of fused-ring (bicyclic) bond motifs is 5. The van der Waals surface area contributed by atoms with Crippen molar-refractivity contribution >= 4 is 20.8 Å². The van der Waals surface area contributed by atoms with E-state index in [1.54, 1.807) is 13.0 Å². The lowest BCUT2D eigenvalue weighted by atomic mass is 9.63. The Kier molecular flexibility index (Phi) is 4.92. The average Bonchev–Trinajstić information content (AvgIpc) is 2.81. The Bertz CT molecular complexity index is 1100. The molecule has 0 bridgehead atoms. The summed E-state index contributed by atoms with van der Waals surface area (Å²) in [5.41, 5.74) is 2.72. The lowest BCUT2D eigenvalue weighted by molar-refractivity contribution is -0.207. The predicted octanol–water partition coefficient (Wildman–Crippen LogP) is 1.02. The molecule has 0 saturated heterocycles. The molecule has 168 valence electrons. The van der Waals surface area contributed by atoms with Crippen molar-refractivity contribution in [1.82, 2.24) is 0 Å². The number of hydrogen-bond acceptors (Lipinski definition) is 8. The highest BCUT2D eigenvalue weighted by Gasteiger charge is 2.61. The van der Waals surface area contributed by atoms with Gasteiger partial charge in [0.05, 0.1) is 0 Å². The van der Waals surface area contributed by atoms with Crippen molar-refractivity contribution in [2.75, 3.05) is 0 Å². The van der Waals surface area contributed by atoms with Crippen LogP contribution in [0.4, 0.5) is 0 Å². The second-order valence-electron chi connectivity index (χ2n) is 8.71. The van der Waals surface area contributed by atoms with Gasteiger partial charge in [0.2, 0.25) is 0 Å². The van der Waals surface area contributed by atoms with E-state index in [4.69, 9.17) is 13.3 Å². The van der Waals surface area contributed by atoms with Crippen LogP contribution in [0.1, 0.15) is 60.8 Å². The average molecular weight is 465 g/mol. The van der Waals surface area contributed by atoms with Gasteiger partial charge >= 0.3 is 20.8 Å². The summed E-state index contributed by atoms with van der Waals surface area (Å²) in [6.45, 7) is 1.75. The number of benzene rings is 1. The van der Waals surface area contributed by atoms with E-state index in [1.165, 1.54) is 0 Å². The van der Waals surface area contributed by atoms with Gasteiger partial charge in [0.1, 0.15) is 0 Å². The fourth-order valence-corrected chi connectivity index (χ4v) is 6.77. The molecule has 3 aliphatic carbocycles. The molecule has 0 aliphatic heterocycles. The van der Waals surface area contributed by atoms with E-state index in [0.717, 1.165) is 16.7 Å². The highest BCUT2D eigenvalue weighted by molar-refractivity contribution is 7.81. The summed E-state index contributed by atoms with van der Waals surface area (Å²) in [7, 11) is -9.65. The maximum absolute atomic E-state index is 11.3. The van der Waals surface area contributed by atoms with Crippen LogP contribution in [0.2, 0.25) is 0 Å². The summed E-state index contributed by atoms with van der Waals surface area (Å²) in [5.74, 6) is -4.23. The topological polar surface area (TPSA) is 168 Å². The van der Waals surface area contributed by atoms with Crippen LogP contribution in [0.15, 0.2) is 12.1 Å². The molecule has 0 aromatic heterocycles. The Morgan fingerprint density at radius 2 is 1.57 bits per heavy atom. The zero-order chi connectivity index (χ0) is 22.2. The van der Waals surface area contributed by atoms with Gasteiger partial charge in [0, 0.05) is 24.7 Å². The third-order valence-corrected chi connectivity index (χ3v) is 8.01. The lowest BCUT2D eigenvalue weighted by Gasteiger charge is -2.46. The molecule has 1 aromatic rings. The summed E-state index contributed by atoms with van der Waals surface area (Å²) in [4.78, 5) is 0. The molecule has 1 aromatic carbocycles. The van der Waals surface area contributed by atoms with E-state index in [2.05, 4.69) is 4.18 Å². The van der Waals surface area contributed by atoms with Crippen molar-refractivity contribution in [3.63, 3.8) is 0 Å². The van der Waals surface area contributed by atoms with Gasteiger partial charge in [-0.05, 0) is 53.9 Å². The summed E-state index contributed by atoms with van der Waals surface area (Å²) >= 11 is 0. The van der Waals surface area contributed by atoms with Crippen LogP contribution < -0.4 is 0 Å². The summed E-state index contributed by atoms with van der Waals surface area (Å²) in [6.07, 6.45) is 1.65. The molecular weight excluding hydrogens is 440 g/mol. The van der Waals surface area contributed by atoms with Crippen molar-refractivity contribution in [3.05, 3.63) is 34.4 Å². The van der Waals surface area contributed by atoms with Crippen LogP contribution in [0.3, 0.4) is 0 Å². The lowest BCUT2D eigenvalue weighted by Crippen LogP contribution is -2.49. The van der Waals surface area contributed by atoms with Gasteiger partial charge in [-0.1, -0.05) is 19.1 Å². The Balaban J connectivity index is 1.68. The fourth-order valence-electron chi connectivity index (χ4n) is 5.61. The molecule has 4 N–H and O–H groups in total. The minimum atomic E-state index is -4.84. The maximum atomic E-state index is 11.3. The van der Waals surface area contributed by atoms with E-state index < -0.39 is 37.8 Å². The molecule has 0 heterocycles. The van der Waals surface area contributed by atoms with Crippen LogP contribution in [-0.4, -0.2) is 47.7 Å². The van der Waals surface area contributed by atoms with Crippen molar-refractivity contribution in [1.29, 1.82) is 0 Å². The Labute approximate surface area is 174 Å². The zero-order valence-corrected chi connectivity index (χ0v) is 17.9. The van der Waals surface area contributed by atoms with E-state index in [1.807, 2.05) is 6.07 Å². The molecule has 4 rings (SSSR count). The third-order valence-electron chi connectivity index (χ3n) is 7.00. The molecule has 3 aliphatic rings.